The lowest BCUT2D eigenvalue weighted by Gasteiger charge is -2.19. The van der Waals surface area contributed by atoms with Crippen molar-refractivity contribution in [3.63, 3.8) is 0 Å². The van der Waals surface area contributed by atoms with Gasteiger partial charge in [-0.25, -0.2) is 4.79 Å². The van der Waals surface area contributed by atoms with Crippen molar-refractivity contribution < 1.29 is 14.6 Å². The van der Waals surface area contributed by atoms with E-state index >= 15 is 0 Å². The Morgan fingerprint density at radius 1 is 1.62 bits per heavy atom. The summed E-state index contributed by atoms with van der Waals surface area (Å²) < 4.78 is 4.96. The number of aliphatic hydroxyl groups excluding tert-OH is 1. The van der Waals surface area contributed by atoms with Crippen LogP contribution < -0.4 is 5.73 Å². The zero-order valence-corrected chi connectivity index (χ0v) is 7.90. The van der Waals surface area contributed by atoms with Crippen molar-refractivity contribution in [2.75, 3.05) is 26.3 Å². The molecular formula is C8H17N2O3. The summed E-state index contributed by atoms with van der Waals surface area (Å²) in [5.41, 5.74) is 5.10. The van der Waals surface area contributed by atoms with E-state index in [-0.39, 0.29) is 6.61 Å². The third-order valence-electron chi connectivity index (χ3n) is 1.54. The van der Waals surface area contributed by atoms with Gasteiger partial charge in [0.1, 0.15) is 0 Å². The van der Waals surface area contributed by atoms with Crippen LogP contribution in [0.3, 0.4) is 0 Å². The third kappa shape index (κ3) is 6.36. The fourth-order valence-corrected chi connectivity index (χ4v) is 0.875. The topological polar surface area (TPSA) is 75.8 Å². The monoisotopic (exact) mass is 189 g/mol. The van der Waals surface area contributed by atoms with Crippen LogP contribution in [0.4, 0.5) is 4.79 Å². The Kier molecular flexibility index (Phi) is 7.33. The number of carbonyl (C=O) groups is 1. The number of primary amides is 1. The summed E-state index contributed by atoms with van der Waals surface area (Å²) in [6.07, 6.45) is 0.540. The SMILES string of the molecule is C[CH]OCCN(CCCO)C(N)=O. The number of aliphatic hydroxyl groups is 1. The van der Waals surface area contributed by atoms with Crippen molar-refractivity contribution in [3.8, 4) is 0 Å². The predicted octanol–water partition coefficient (Wildman–Crippen LogP) is -0.0522. The number of amides is 2. The number of rotatable bonds is 7. The molecule has 1 radical (unpaired) electrons. The minimum atomic E-state index is -0.479. The van der Waals surface area contributed by atoms with Gasteiger partial charge in [0.15, 0.2) is 0 Å². The van der Waals surface area contributed by atoms with Crippen LogP contribution in [0.25, 0.3) is 0 Å². The number of urea groups is 1. The van der Waals surface area contributed by atoms with Gasteiger partial charge in [0.2, 0.25) is 0 Å². The molecule has 0 aliphatic rings. The molecule has 0 aromatic rings. The lowest BCUT2D eigenvalue weighted by atomic mass is 10.4. The Balaban J connectivity index is 3.61. The predicted molar refractivity (Wildman–Crippen MR) is 48.8 cm³/mol. The number of nitrogens with zero attached hydrogens (tertiary/aromatic N) is 1. The highest BCUT2D eigenvalue weighted by molar-refractivity contribution is 5.71. The van der Waals surface area contributed by atoms with Crippen molar-refractivity contribution in [1.29, 1.82) is 0 Å². The highest BCUT2D eigenvalue weighted by atomic mass is 16.5. The second kappa shape index (κ2) is 7.82. The first kappa shape index (κ1) is 12.2. The van der Waals surface area contributed by atoms with Crippen molar-refractivity contribution >= 4 is 6.03 Å². The van der Waals surface area contributed by atoms with Gasteiger partial charge >= 0.3 is 6.03 Å². The van der Waals surface area contributed by atoms with Crippen LogP contribution in [0.5, 0.6) is 0 Å². The average molecular weight is 189 g/mol. The highest BCUT2D eigenvalue weighted by Crippen LogP contribution is 1.92. The lowest BCUT2D eigenvalue weighted by molar-refractivity contribution is 0.151. The number of carbonyl (C=O) groups excluding carboxylic acids is 1. The van der Waals surface area contributed by atoms with E-state index in [1.807, 2.05) is 0 Å². The molecule has 0 saturated carbocycles. The fourth-order valence-electron chi connectivity index (χ4n) is 0.875. The maximum absolute atomic E-state index is 10.8. The highest BCUT2D eigenvalue weighted by Gasteiger charge is 2.07. The Bertz CT molecular complexity index is 141. The molecule has 0 rings (SSSR count). The Morgan fingerprint density at radius 3 is 2.77 bits per heavy atom. The second-order valence-electron chi connectivity index (χ2n) is 2.51. The molecule has 5 nitrogen and oxygen atoms in total. The summed E-state index contributed by atoms with van der Waals surface area (Å²) in [5, 5.41) is 8.55. The van der Waals surface area contributed by atoms with E-state index in [1.54, 1.807) is 13.5 Å². The van der Waals surface area contributed by atoms with Gasteiger partial charge in [-0.05, 0) is 13.3 Å². The Morgan fingerprint density at radius 2 is 2.31 bits per heavy atom. The van der Waals surface area contributed by atoms with Crippen molar-refractivity contribution in [1.82, 2.24) is 4.90 Å². The van der Waals surface area contributed by atoms with E-state index in [0.29, 0.717) is 26.1 Å². The van der Waals surface area contributed by atoms with Crippen LogP contribution in [0, 0.1) is 6.61 Å². The van der Waals surface area contributed by atoms with Crippen LogP contribution in [0.1, 0.15) is 13.3 Å². The van der Waals surface area contributed by atoms with Gasteiger partial charge in [-0.2, -0.15) is 0 Å². The van der Waals surface area contributed by atoms with E-state index in [1.165, 1.54) is 4.90 Å². The summed E-state index contributed by atoms with van der Waals surface area (Å²) in [7, 11) is 0. The molecule has 2 amide bonds. The average Bonchev–Trinajstić information content (AvgIpc) is 2.10. The van der Waals surface area contributed by atoms with Crippen LogP contribution >= 0.6 is 0 Å². The molecule has 0 saturated heterocycles. The molecular weight excluding hydrogens is 172 g/mol. The smallest absolute Gasteiger partial charge is 0.314 e. The first-order valence-electron chi connectivity index (χ1n) is 4.27. The van der Waals surface area contributed by atoms with E-state index in [2.05, 4.69) is 0 Å². The number of hydrogen-bond acceptors (Lipinski definition) is 3. The standard InChI is InChI=1S/C8H17N2O3/c1-2-13-7-5-10(8(9)12)4-3-6-11/h2,11H,3-7H2,1H3,(H2,9,12). The Hall–Kier alpha value is -0.810. The molecule has 5 heteroatoms. The molecule has 0 spiro atoms. The minimum Gasteiger partial charge on any atom is -0.396 e. The van der Waals surface area contributed by atoms with Gasteiger partial charge in [0.05, 0.1) is 13.2 Å². The maximum Gasteiger partial charge on any atom is 0.314 e. The molecule has 0 fully saturated rings. The molecule has 77 valence electrons. The minimum absolute atomic E-state index is 0.0601. The molecule has 0 bridgehead atoms. The molecule has 0 aliphatic heterocycles. The van der Waals surface area contributed by atoms with Gasteiger partial charge in [-0.3, -0.25) is 0 Å². The van der Waals surface area contributed by atoms with Gasteiger partial charge in [-0.15, -0.1) is 0 Å². The van der Waals surface area contributed by atoms with E-state index in [9.17, 15) is 4.79 Å². The summed E-state index contributed by atoms with van der Waals surface area (Å²) in [6, 6.07) is -0.479. The maximum atomic E-state index is 10.8. The van der Waals surface area contributed by atoms with Gasteiger partial charge < -0.3 is 20.5 Å². The van der Waals surface area contributed by atoms with Crippen LogP contribution in [-0.4, -0.2) is 42.3 Å². The van der Waals surface area contributed by atoms with Crippen molar-refractivity contribution in [2.24, 2.45) is 5.73 Å². The first-order chi connectivity index (χ1) is 6.22. The third-order valence-corrected chi connectivity index (χ3v) is 1.54. The van der Waals surface area contributed by atoms with Crippen molar-refractivity contribution in [2.45, 2.75) is 13.3 Å². The number of ether oxygens (including phenoxy) is 1. The van der Waals surface area contributed by atoms with Crippen LogP contribution in [0.15, 0.2) is 0 Å². The van der Waals surface area contributed by atoms with Crippen LogP contribution in [0.2, 0.25) is 0 Å². The van der Waals surface area contributed by atoms with E-state index in [0.717, 1.165) is 0 Å². The van der Waals surface area contributed by atoms with Crippen molar-refractivity contribution in [3.05, 3.63) is 6.61 Å². The molecule has 0 aromatic carbocycles. The van der Waals surface area contributed by atoms with E-state index < -0.39 is 6.03 Å². The summed E-state index contributed by atoms with van der Waals surface area (Å²) >= 11 is 0. The summed E-state index contributed by atoms with van der Waals surface area (Å²) in [6.45, 7) is 4.75. The zero-order chi connectivity index (χ0) is 10.1. The molecule has 0 heterocycles. The molecule has 0 aromatic heterocycles. The fraction of sp³-hybridized carbons (Fsp3) is 0.750. The van der Waals surface area contributed by atoms with Gasteiger partial charge in [0, 0.05) is 19.7 Å². The summed E-state index contributed by atoms with van der Waals surface area (Å²) in [5.74, 6) is 0. The van der Waals surface area contributed by atoms with E-state index in [4.69, 9.17) is 15.6 Å². The van der Waals surface area contributed by atoms with Gasteiger partial charge in [-0.1, -0.05) is 0 Å². The second-order valence-corrected chi connectivity index (χ2v) is 2.51. The molecule has 0 aliphatic carbocycles. The lowest BCUT2D eigenvalue weighted by Crippen LogP contribution is -2.39. The number of nitrogens with two attached hydrogens (primary N) is 1. The number of hydrogen-bond donors (Lipinski definition) is 2. The molecule has 3 N–H and O–H groups in total. The normalized spacial score (nSPS) is 10.0. The molecule has 0 atom stereocenters. The molecule has 13 heavy (non-hydrogen) atoms. The van der Waals surface area contributed by atoms with Gasteiger partial charge in [0.25, 0.3) is 0 Å². The first-order valence-corrected chi connectivity index (χ1v) is 4.27. The summed E-state index contributed by atoms with van der Waals surface area (Å²) in [4.78, 5) is 12.2. The Labute approximate surface area is 78.5 Å². The largest absolute Gasteiger partial charge is 0.396 e. The quantitative estimate of drug-likeness (QED) is 0.551. The van der Waals surface area contributed by atoms with Crippen LogP contribution in [-0.2, 0) is 4.74 Å². The zero-order valence-electron chi connectivity index (χ0n) is 7.90. The molecule has 0 unspecified atom stereocenters.